The van der Waals surface area contributed by atoms with Crippen molar-refractivity contribution in [3.8, 4) is 11.8 Å². The molecule has 1 aromatic heterocycles. The van der Waals surface area contributed by atoms with E-state index in [4.69, 9.17) is 16.3 Å². The molecule has 5 rings (SSSR count). The van der Waals surface area contributed by atoms with Crippen LogP contribution in [-0.4, -0.2) is 73.6 Å². The van der Waals surface area contributed by atoms with E-state index in [1.165, 1.54) is 42.5 Å². The van der Waals surface area contributed by atoms with E-state index in [0.29, 0.717) is 23.8 Å². The maximum absolute atomic E-state index is 15.4. The normalized spacial score (nSPS) is 22.4. The Morgan fingerprint density at radius 1 is 1.09 bits per heavy atom. The van der Waals surface area contributed by atoms with Gasteiger partial charge in [-0.3, -0.25) is 19.4 Å². The number of amides is 2. The van der Waals surface area contributed by atoms with Gasteiger partial charge in [0.15, 0.2) is 5.82 Å². The summed E-state index contributed by atoms with van der Waals surface area (Å²) in [6.07, 6.45) is 1.51. The second-order valence-corrected chi connectivity index (χ2v) is 11.4. The van der Waals surface area contributed by atoms with Gasteiger partial charge in [-0.05, 0) is 51.2 Å². The number of likely N-dealkylation sites (N-methyl/N-ethyl adjacent to an activating group) is 1. The second kappa shape index (κ2) is 12.1. The molecule has 2 aliphatic rings. The van der Waals surface area contributed by atoms with E-state index in [2.05, 4.69) is 47.1 Å². The average Bonchev–Trinajstić information content (AvgIpc) is 3.29. The van der Waals surface area contributed by atoms with Gasteiger partial charge in [-0.25, -0.2) is 13.8 Å². The summed E-state index contributed by atoms with van der Waals surface area (Å²) in [6, 6.07) is 11.0. The fourth-order valence-corrected chi connectivity index (χ4v) is 5.95. The number of carbonyl (C=O) groups is 2. The topological polar surface area (TPSA) is 102 Å². The van der Waals surface area contributed by atoms with Gasteiger partial charge in [0.1, 0.15) is 35.1 Å². The molecule has 2 aromatic carbocycles. The number of pyridine rings is 1. The van der Waals surface area contributed by atoms with Crippen molar-refractivity contribution >= 4 is 34.9 Å². The van der Waals surface area contributed by atoms with Gasteiger partial charge in [0.25, 0.3) is 11.8 Å². The molecule has 0 spiro atoms. The van der Waals surface area contributed by atoms with Crippen LogP contribution >= 0.6 is 11.6 Å². The third-order valence-corrected chi connectivity index (χ3v) is 8.59. The smallest absolute Gasteiger partial charge is 0.251 e. The molecule has 3 aromatic rings. The lowest BCUT2D eigenvalue weighted by Crippen LogP contribution is -2.55. The van der Waals surface area contributed by atoms with Crippen LogP contribution in [0.25, 0.3) is 0 Å². The predicted octanol–water partition coefficient (Wildman–Crippen LogP) is 4.35. The van der Waals surface area contributed by atoms with Gasteiger partial charge >= 0.3 is 0 Å². The van der Waals surface area contributed by atoms with Gasteiger partial charge in [0.2, 0.25) is 0 Å². The largest absolute Gasteiger partial charge is 0.497 e. The average molecular weight is 609 g/mol. The molecule has 3 heterocycles. The minimum Gasteiger partial charge on any atom is -0.497 e. The van der Waals surface area contributed by atoms with Gasteiger partial charge in [-0.15, -0.1) is 0 Å². The van der Waals surface area contributed by atoms with Crippen molar-refractivity contribution in [2.75, 3.05) is 43.6 Å². The van der Waals surface area contributed by atoms with Crippen molar-refractivity contribution in [2.24, 2.45) is 0 Å². The van der Waals surface area contributed by atoms with E-state index in [1.54, 1.807) is 6.07 Å². The first-order valence-corrected chi connectivity index (χ1v) is 14.2. The molecule has 0 saturated carbocycles. The number of nitriles is 1. The number of ether oxygens (including phenoxy) is 1. The van der Waals surface area contributed by atoms with Crippen molar-refractivity contribution < 1.29 is 23.1 Å². The third kappa shape index (κ3) is 5.72. The number of nitrogens with one attached hydrogen (secondary N) is 1. The highest BCUT2D eigenvalue weighted by Crippen LogP contribution is 2.39. The zero-order valence-electron chi connectivity index (χ0n) is 24.1. The number of hydrogen-bond acceptors (Lipinski definition) is 7. The molecule has 0 radical (unpaired) electrons. The monoisotopic (exact) mass is 608 g/mol. The van der Waals surface area contributed by atoms with Crippen LogP contribution in [0.3, 0.4) is 0 Å². The number of benzene rings is 2. The summed E-state index contributed by atoms with van der Waals surface area (Å²) < 4.78 is 35.8. The second-order valence-electron chi connectivity index (χ2n) is 10.9. The molecule has 0 aliphatic carbocycles. The lowest BCUT2D eigenvalue weighted by atomic mass is 9.92. The maximum atomic E-state index is 15.4. The van der Waals surface area contributed by atoms with E-state index < -0.39 is 35.4 Å². The Kier molecular flexibility index (Phi) is 8.53. The Morgan fingerprint density at radius 2 is 1.72 bits per heavy atom. The van der Waals surface area contributed by atoms with E-state index >= 15 is 8.78 Å². The molecular weight excluding hydrogens is 578 g/mol. The maximum Gasteiger partial charge on any atom is 0.251 e. The standard InChI is InChI=1S/C31H31ClF2N6O3/c1-17-14-39(15-18(2)38(17)3)26-9-10-36-29(22(26)13-35)40-16-23(27-24(33)11-21(43-4)12-25(27)34)28(31(40)42)37-30(41)19-5-7-20(32)8-6-19/h5-12,17-18,23,28H,14-16H2,1-4H3,(H,37,41)/t17-,18+,23-,28-/m0/s1. The van der Waals surface area contributed by atoms with Crippen molar-refractivity contribution in [1.29, 1.82) is 5.26 Å². The minimum absolute atomic E-state index is 0.0292. The van der Waals surface area contributed by atoms with Crippen molar-refractivity contribution in [3.05, 3.63) is 82.0 Å². The fraction of sp³-hybridized carbons (Fsp3) is 0.355. The van der Waals surface area contributed by atoms with Gasteiger partial charge in [-0.2, -0.15) is 5.26 Å². The Hall–Kier alpha value is -4.27. The number of hydrogen-bond donors (Lipinski definition) is 1. The van der Waals surface area contributed by atoms with Crippen LogP contribution in [0.1, 0.15) is 41.3 Å². The predicted molar refractivity (Wildman–Crippen MR) is 159 cm³/mol. The minimum atomic E-state index is -1.36. The molecular formula is C31H31ClF2N6O3. The molecule has 4 atom stereocenters. The van der Waals surface area contributed by atoms with Gasteiger partial charge in [-0.1, -0.05) is 11.6 Å². The zero-order valence-corrected chi connectivity index (χ0v) is 24.9. The lowest BCUT2D eigenvalue weighted by Gasteiger charge is -2.43. The molecule has 2 amide bonds. The van der Waals surface area contributed by atoms with Crippen LogP contribution < -0.4 is 19.9 Å². The fourth-order valence-electron chi connectivity index (χ4n) is 5.82. The zero-order chi connectivity index (χ0) is 31.0. The summed E-state index contributed by atoms with van der Waals surface area (Å²) in [5.74, 6) is -4.24. The van der Waals surface area contributed by atoms with Crippen molar-refractivity contribution in [2.45, 2.75) is 37.9 Å². The van der Waals surface area contributed by atoms with Crippen LogP contribution in [0, 0.1) is 23.0 Å². The molecule has 12 heteroatoms. The molecule has 2 aliphatic heterocycles. The summed E-state index contributed by atoms with van der Waals surface area (Å²) in [7, 11) is 3.34. The third-order valence-electron chi connectivity index (χ3n) is 8.34. The van der Waals surface area contributed by atoms with Crippen LogP contribution in [0.4, 0.5) is 20.3 Å². The van der Waals surface area contributed by atoms with Gasteiger partial charge in [0.05, 0.1) is 12.8 Å². The van der Waals surface area contributed by atoms with Crippen LogP contribution in [0.2, 0.25) is 5.02 Å². The summed E-state index contributed by atoms with van der Waals surface area (Å²) >= 11 is 5.95. The molecule has 224 valence electrons. The summed E-state index contributed by atoms with van der Waals surface area (Å²) in [5.41, 5.74) is 0.605. The van der Waals surface area contributed by atoms with E-state index in [9.17, 15) is 14.9 Å². The number of rotatable bonds is 6. The summed E-state index contributed by atoms with van der Waals surface area (Å²) in [6.45, 7) is 5.26. The number of anilines is 2. The highest BCUT2D eigenvalue weighted by atomic mass is 35.5. The van der Waals surface area contributed by atoms with Gasteiger partial charge in [0, 0.05) is 72.1 Å². The Bertz CT molecular complexity index is 1560. The first kappa shape index (κ1) is 30.2. The first-order valence-electron chi connectivity index (χ1n) is 13.8. The number of aromatic nitrogens is 1. The summed E-state index contributed by atoms with van der Waals surface area (Å²) in [4.78, 5) is 37.2. The highest BCUT2D eigenvalue weighted by Gasteiger charge is 2.46. The number of carbonyl (C=O) groups excluding carboxylic acids is 2. The highest BCUT2D eigenvalue weighted by molar-refractivity contribution is 6.30. The Balaban J connectivity index is 1.56. The molecule has 0 bridgehead atoms. The number of piperazine rings is 1. The van der Waals surface area contributed by atoms with Crippen LogP contribution in [-0.2, 0) is 4.79 Å². The molecule has 1 N–H and O–H groups in total. The summed E-state index contributed by atoms with van der Waals surface area (Å²) in [5, 5.41) is 13.4. The van der Waals surface area contributed by atoms with Gasteiger partial charge < -0.3 is 15.0 Å². The van der Waals surface area contributed by atoms with E-state index in [1.807, 2.05) is 0 Å². The SMILES string of the molecule is COc1cc(F)c([C@@H]2CN(c3nccc(N4C[C@@H](C)N(C)[C@@H](C)C4)c3C#N)C(=O)[C@H]2NC(=O)c2ccc(Cl)cc2)c(F)c1. The quantitative estimate of drug-likeness (QED) is 0.444. The molecule has 0 unspecified atom stereocenters. The Labute approximate surface area is 253 Å². The number of methoxy groups -OCH3 is 1. The lowest BCUT2D eigenvalue weighted by molar-refractivity contribution is -0.118. The number of nitrogens with zero attached hydrogens (tertiary/aromatic N) is 5. The van der Waals surface area contributed by atoms with Crippen molar-refractivity contribution in [3.63, 3.8) is 0 Å². The van der Waals surface area contributed by atoms with E-state index in [0.717, 1.165) is 12.1 Å². The van der Waals surface area contributed by atoms with Crippen LogP contribution in [0.5, 0.6) is 5.75 Å². The molecule has 2 saturated heterocycles. The molecule has 9 nitrogen and oxygen atoms in total. The molecule has 2 fully saturated rings. The van der Waals surface area contributed by atoms with Crippen LogP contribution in [0.15, 0.2) is 48.7 Å². The Morgan fingerprint density at radius 3 is 2.30 bits per heavy atom. The molecule has 43 heavy (non-hydrogen) atoms. The number of halogens is 3. The van der Waals surface area contributed by atoms with E-state index in [-0.39, 0.29) is 46.9 Å². The van der Waals surface area contributed by atoms with Crippen molar-refractivity contribution in [1.82, 2.24) is 15.2 Å². The first-order chi connectivity index (χ1) is 20.5.